The third-order valence-electron chi connectivity index (χ3n) is 4.06. The van der Waals surface area contributed by atoms with Gasteiger partial charge in [0.2, 0.25) is 0 Å². The molecule has 0 aromatic rings. The standard InChI is InChI=1S/C15H31NO/c1-12(2)10-14(5)11-15(17)6-8-16(9-7-15)13(3)4/h12-14,17H,6-11H2,1-5H3. The lowest BCUT2D eigenvalue weighted by Gasteiger charge is -2.41. The van der Waals surface area contributed by atoms with E-state index in [-0.39, 0.29) is 5.60 Å². The number of hydrogen-bond acceptors (Lipinski definition) is 2. The summed E-state index contributed by atoms with van der Waals surface area (Å²) < 4.78 is 0. The zero-order valence-corrected chi connectivity index (χ0v) is 12.4. The zero-order chi connectivity index (χ0) is 13.1. The summed E-state index contributed by atoms with van der Waals surface area (Å²) in [5, 5.41) is 10.6. The van der Waals surface area contributed by atoms with Gasteiger partial charge in [-0.1, -0.05) is 20.8 Å². The molecule has 2 nitrogen and oxygen atoms in total. The molecule has 17 heavy (non-hydrogen) atoms. The van der Waals surface area contributed by atoms with Crippen molar-refractivity contribution < 1.29 is 5.11 Å². The van der Waals surface area contributed by atoms with Crippen molar-refractivity contribution in [1.82, 2.24) is 4.90 Å². The van der Waals surface area contributed by atoms with E-state index in [0.717, 1.165) is 38.3 Å². The van der Waals surface area contributed by atoms with Crippen molar-refractivity contribution in [3.63, 3.8) is 0 Å². The molecule has 2 heteroatoms. The quantitative estimate of drug-likeness (QED) is 0.798. The van der Waals surface area contributed by atoms with Crippen LogP contribution in [0.2, 0.25) is 0 Å². The molecule has 1 unspecified atom stereocenters. The van der Waals surface area contributed by atoms with Crippen molar-refractivity contribution in [1.29, 1.82) is 0 Å². The zero-order valence-electron chi connectivity index (χ0n) is 12.4. The molecular formula is C15H31NO. The smallest absolute Gasteiger partial charge is 0.0674 e. The van der Waals surface area contributed by atoms with Gasteiger partial charge in [0.15, 0.2) is 0 Å². The molecule has 0 aromatic heterocycles. The second kappa shape index (κ2) is 6.19. The van der Waals surface area contributed by atoms with E-state index < -0.39 is 0 Å². The first-order valence-corrected chi connectivity index (χ1v) is 7.29. The molecule has 0 spiro atoms. The first-order valence-electron chi connectivity index (χ1n) is 7.29. The summed E-state index contributed by atoms with van der Waals surface area (Å²) in [6.45, 7) is 13.4. The Morgan fingerprint density at radius 2 is 1.59 bits per heavy atom. The largest absolute Gasteiger partial charge is 0.390 e. The van der Waals surface area contributed by atoms with Gasteiger partial charge in [0.1, 0.15) is 0 Å². The van der Waals surface area contributed by atoms with E-state index in [1.807, 2.05) is 0 Å². The molecule has 1 fully saturated rings. The number of piperidine rings is 1. The molecule has 0 amide bonds. The van der Waals surface area contributed by atoms with E-state index in [9.17, 15) is 5.11 Å². The highest BCUT2D eigenvalue weighted by molar-refractivity contribution is 4.88. The monoisotopic (exact) mass is 241 g/mol. The topological polar surface area (TPSA) is 23.5 Å². The fourth-order valence-corrected chi connectivity index (χ4v) is 3.20. The molecule has 1 rings (SSSR count). The van der Waals surface area contributed by atoms with Gasteiger partial charge >= 0.3 is 0 Å². The Labute approximate surface area is 107 Å². The molecule has 0 radical (unpaired) electrons. The maximum absolute atomic E-state index is 10.6. The van der Waals surface area contributed by atoms with Crippen LogP contribution in [0.4, 0.5) is 0 Å². The van der Waals surface area contributed by atoms with Crippen molar-refractivity contribution in [2.45, 2.75) is 71.9 Å². The van der Waals surface area contributed by atoms with Crippen molar-refractivity contribution >= 4 is 0 Å². The first-order chi connectivity index (χ1) is 7.82. The molecule has 0 bridgehead atoms. The average Bonchev–Trinajstić information content (AvgIpc) is 2.15. The normalized spacial score (nSPS) is 23.3. The summed E-state index contributed by atoms with van der Waals surface area (Å²) in [5.74, 6) is 1.38. The number of rotatable bonds is 5. The van der Waals surface area contributed by atoms with E-state index in [1.165, 1.54) is 6.42 Å². The van der Waals surface area contributed by atoms with Gasteiger partial charge < -0.3 is 10.0 Å². The lowest BCUT2D eigenvalue weighted by Crippen LogP contribution is -2.47. The average molecular weight is 241 g/mol. The third-order valence-corrected chi connectivity index (χ3v) is 4.06. The molecule has 1 aliphatic heterocycles. The summed E-state index contributed by atoms with van der Waals surface area (Å²) in [6, 6.07) is 0.618. The van der Waals surface area contributed by atoms with Crippen LogP contribution in [0.1, 0.15) is 60.3 Å². The van der Waals surface area contributed by atoms with Crippen LogP contribution >= 0.6 is 0 Å². The van der Waals surface area contributed by atoms with Crippen LogP contribution in [-0.2, 0) is 0 Å². The summed E-state index contributed by atoms with van der Waals surface area (Å²) in [4.78, 5) is 2.47. The summed E-state index contributed by atoms with van der Waals surface area (Å²) in [6.07, 6.45) is 4.12. The number of likely N-dealkylation sites (tertiary alicyclic amines) is 1. The van der Waals surface area contributed by atoms with Gasteiger partial charge in [0, 0.05) is 19.1 Å². The van der Waals surface area contributed by atoms with Crippen LogP contribution in [0.3, 0.4) is 0 Å². The molecule has 0 aliphatic carbocycles. The summed E-state index contributed by atoms with van der Waals surface area (Å²) in [7, 11) is 0. The van der Waals surface area contributed by atoms with E-state index in [2.05, 4.69) is 39.5 Å². The third kappa shape index (κ3) is 4.97. The molecule has 1 aliphatic rings. The van der Waals surface area contributed by atoms with Gasteiger partial charge in [0.25, 0.3) is 0 Å². The predicted molar refractivity (Wildman–Crippen MR) is 74.1 cm³/mol. The van der Waals surface area contributed by atoms with Gasteiger partial charge in [-0.3, -0.25) is 0 Å². The van der Waals surface area contributed by atoms with Crippen molar-refractivity contribution in [2.24, 2.45) is 11.8 Å². The lowest BCUT2D eigenvalue weighted by molar-refractivity contribution is -0.0445. The predicted octanol–water partition coefficient (Wildman–Crippen LogP) is 3.29. The Morgan fingerprint density at radius 3 is 2.00 bits per heavy atom. The van der Waals surface area contributed by atoms with E-state index in [1.54, 1.807) is 0 Å². The van der Waals surface area contributed by atoms with Crippen LogP contribution in [0.15, 0.2) is 0 Å². The van der Waals surface area contributed by atoms with E-state index >= 15 is 0 Å². The second-order valence-electron chi connectivity index (χ2n) is 6.79. The van der Waals surface area contributed by atoms with Crippen LogP contribution in [-0.4, -0.2) is 34.7 Å². The van der Waals surface area contributed by atoms with E-state index in [4.69, 9.17) is 0 Å². The highest BCUT2D eigenvalue weighted by Gasteiger charge is 2.34. The van der Waals surface area contributed by atoms with Crippen molar-refractivity contribution in [2.75, 3.05) is 13.1 Å². The number of hydrogen-bond donors (Lipinski definition) is 1. The fraction of sp³-hybridized carbons (Fsp3) is 1.00. The Morgan fingerprint density at radius 1 is 1.06 bits per heavy atom. The Hall–Kier alpha value is -0.0800. The number of nitrogens with zero attached hydrogens (tertiary/aromatic N) is 1. The highest BCUT2D eigenvalue weighted by atomic mass is 16.3. The molecule has 1 N–H and O–H groups in total. The van der Waals surface area contributed by atoms with Crippen LogP contribution in [0, 0.1) is 11.8 Å². The lowest BCUT2D eigenvalue weighted by atomic mass is 9.80. The molecule has 102 valence electrons. The maximum atomic E-state index is 10.6. The minimum absolute atomic E-state index is 0.389. The Bertz CT molecular complexity index is 217. The minimum Gasteiger partial charge on any atom is -0.390 e. The Kier molecular flexibility index (Phi) is 5.46. The molecule has 1 atom stereocenters. The molecule has 0 saturated carbocycles. The number of aliphatic hydroxyl groups is 1. The highest BCUT2D eigenvalue weighted by Crippen LogP contribution is 2.31. The van der Waals surface area contributed by atoms with Gasteiger partial charge in [-0.05, 0) is 51.4 Å². The van der Waals surface area contributed by atoms with Gasteiger partial charge in [-0.2, -0.15) is 0 Å². The molecular weight excluding hydrogens is 210 g/mol. The van der Waals surface area contributed by atoms with Gasteiger partial charge in [-0.15, -0.1) is 0 Å². The molecule has 1 heterocycles. The minimum atomic E-state index is -0.389. The fourth-order valence-electron chi connectivity index (χ4n) is 3.20. The van der Waals surface area contributed by atoms with Crippen LogP contribution in [0.25, 0.3) is 0 Å². The van der Waals surface area contributed by atoms with E-state index in [0.29, 0.717) is 12.0 Å². The molecule has 1 saturated heterocycles. The molecule has 0 aromatic carbocycles. The maximum Gasteiger partial charge on any atom is 0.0674 e. The van der Waals surface area contributed by atoms with Crippen LogP contribution < -0.4 is 0 Å². The first kappa shape index (κ1) is 15.0. The van der Waals surface area contributed by atoms with Crippen molar-refractivity contribution in [3.8, 4) is 0 Å². The summed E-state index contributed by atoms with van der Waals surface area (Å²) in [5.41, 5.74) is -0.389. The summed E-state index contributed by atoms with van der Waals surface area (Å²) >= 11 is 0. The second-order valence-corrected chi connectivity index (χ2v) is 6.79. The Balaban J connectivity index is 2.39. The van der Waals surface area contributed by atoms with Crippen molar-refractivity contribution in [3.05, 3.63) is 0 Å². The van der Waals surface area contributed by atoms with Gasteiger partial charge in [0.05, 0.1) is 5.60 Å². The SMILES string of the molecule is CC(C)CC(C)CC1(O)CCN(C(C)C)CC1. The van der Waals surface area contributed by atoms with Crippen LogP contribution in [0.5, 0.6) is 0 Å². The van der Waals surface area contributed by atoms with Gasteiger partial charge in [-0.25, -0.2) is 0 Å².